The van der Waals surface area contributed by atoms with Crippen LogP contribution in [0.4, 0.5) is 0 Å². The lowest BCUT2D eigenvalue weighted by Gasteiger charge is -2.25. The fourth-order valence-corrected chi connectivity index (χ4v) is 2.40. The summed E-state index contributed by atoms with van der Waals surface area (Å²) in [6.45, 7) is 5.35. The number of hydrogen-bond donors (Lipinski definition) is 1. The second-order valence-corrected chi connectivity index (χ2v) is 5.83. The van der Waals surface area contributed by atoms with Crippen LogP contribution in [0.2, 0.25) is 0 Å². The number of hydrogen-bond acceptors (Lipinski definition) is 3. The molecule has 3 nitrogen and oxygen atoms in total. The first kappa shape index (κ1) is 17.2. The van der Waals surface area contributed by atoms with Gasteiger partial charge in [0, 0.05) is 12.5 Å². The van der Waals surface area contributed by atoms with Crippen LogP contribution in [-0.4, -0.2) is 12.1 Å². The first-order valence-electron chi connectivity index (χ1n) is 8.03. The van der Waals surface area contributed by atoms with Gasteiger partial charge in [0.25, 0.3) is 0 Å². The van der Waals surface area contributed by atoms with Crippen molar-refractivity contribution in [1.29, 1.82) is 5.26 Å². The third-order valence-corrected chi connectivity index (χ3v) is 4.13. The Bertz CT molecular complexity index is 607. The number of nitrogens with one attached hydrogen (secondary N) is 1. The molecular formula is C20H24N2O. The monoisotopic (exact) mass is 308 g/mol. The van der Waals surface area contributed by atoms with Crippen molar-refractivity contribution in [2.24, 2.45) is 5.92 Å². The van der Waals surface area contributed by atoms with Gasteiger partial charge in [-0.05, 0) is 18.1 Å². The van der Waals surface area contributed by atoms with Gasteiger partial charge >= 0.3 is 0 Å². The maximum atomic E-state index is 9.44. The van der Waals surface area contributed by atoms with Crippen LogP contribution in [0.5, 0.6) is 0 Å². The van der Waals surface area contributed by atoms with E-state index in [0.29, 0.717) is 13.2 Å². The van der Waals surface area contributed by atoms with Gasteiger partial charge in [-0.25, -0.2) is 0 Å². The predicted molar refractivity (Wildman–Crippen MR) is 92.5 cm³/mol. The van der Waals surface area contributed by atoms with Gasteiger partial charge < -0.3 is 4.74 Å². The van der Waals surface area contributed by atoms with E-state index < -0.39 is 0 Å². The molecule has 23 heavy (non-hydrogen) atoms. The zero-order chi connectivity index (χ0) is 16.5. The van der Waals surface area contributed by atoms with E-state index in [1.54, 1.807) is 0 Å². The maximum Gasteiger partial charge on any atom is 0.101 e. The van der Waals surface area contributed by atoms with Crippen molar-refractivity contribution in [3.8, 4) is 6.07 Å². The Labute approximate surface area is 138 Å². The Morgan fingerprint density at radius 2 is 1.52 bits per heavy atom. The highest BCUT2D eigenvalue weighted by Gasteiger charge is 2.22. The number of nitriles is 1. The van der Waals surface area contributed by atoms with Crippen LogP contribution >= 0.6 is 0 Å². The molecule has 0 bridgehead atoms. The molecule has 0 aliphatic rings. The van der Waals surface area contributed by atoms with E-state index in [0.717, 1.165) is 5.56 Å². The fourth-order valence-electron chi connectivity index (χ4n) is 2.40. The van der Waals surface area contributed by atoms with Crippen molar-refractivity contribution in [2.45, 2.75) is 39.1 Å². The number of nitrogens with zero attached hydrogens (tertiary/aromatic N) is 1. The standard InChI is InChI=1S/C20H24N2O/c1-16(17(2)23-15-19-11-7-4-8-12-19)20(13-21)22-14-18-9-5-3-6-10-18/h3-12,16-17,20,22H,14-15H2,1-2H3/t16-,17-,20+/m0/s1. The second-order valence-electron chi connectivity index (χ2n) is 5.83. The van der Waals surface area contributed by atoms with E-state index in [1.807, 2.05) is 55.5 Å². The minimum absolute atomic E-state index is 0.00290. The van der Waals surface area contributed by atoms with Crippen LogP contribution in [0, 0.1) is 17.2 Å². The van der Waals surface area contributed by atoms with Crippen molar-refractivity contribution >= 4 is 0 Å². The van der Waals surface area contributed by atoms with Gasteiger partial charge in [0.15, 0.2) is 0 Å². The molecule has 0 radical (unpaired) electrons. The first-order chi connectivity index (χ1) is 11.2. The molecule has 3 atom stereocenters. The summed E-state index contributed by atoms with van der Waals surface area (Å²) in [5, 5.41) is 12.8. The molecule has 0 aromatic heterocycles. The molecule has 0 unspecified atom stereocenters. The molecule has 0 spiro atoms. The van der Waals surface area contributed by atoms with E-state index in [9.17, 15) is 5.26 Å². The highest BCUT2D eigenvalue weighted by atomic mass is 16.5. The summed E-state index contributed by atoms with van der Waals surface area (Å²) in [5.74, 6) is 0.104. The number of ether oxygens (including phenoxy) is 1. The highest BCUT2D eigenvalue weighted by Crippen LogP contribution is 2.15. The Hall–Kier alpha value is -2.15. The summed E-state index contributed by atoms with van der Waals surface area (Å²) < 4.78 is 5.93. The van der Waals surface area contributed by atoms with Crippen molar-refractivity contribution in [1.82, 2.24) is 5.32 Å². The van der Waals surface area contributed by atoms with Gasteiger partial charge in [-0.2, -0.15) is 5.26 Å². The average Bonchev–Trinajstić information content (AvgIpc) is 2.61. The molecule has 120 valence electrons. The molecule has 1 N–H and O–H groups in total. The molecule has 2 rings (SSSR count). The van der Waals surface area contributed by atoms with Crippen LogP contribution in [0.3, 0.4) is 0 Å². The lowest BCUT2D eigenvalue weighted by atomic mass is 9.97. The van der Waals surface area contributed by atoms with Crippen molar-refractivity contribution in [3.63, 3.8) is 0 Å². The lowest BCUT2D eigenvalue weighted by molar-refractivity contribution is 0.0124. The second kappa shape index (κ2) is 9.09. The van der Waals surface area contributed by atoms with Gasteiger partial charge in [0.1, 0.15) is 6.04 Å². The molecule has 0 amide bonds. The van der Waals surface area contributed by atoms with E-state index in [4.69, 9.17) is 4.74 Å². The Morgan fingerprint density at radius 1 is 0.957 bits per heavy atom. The molecule has 2 aromatic carbocycles. The molecule has 0 aliphatic heterocycles. The summed E-state index contributed by atoms with van der Waals surface area (Å²) >= 11 is 0. The first-order valence-corrected chi connectivity index (χ1v) is 8.03. The van der Waals surface area contributed by atoms with Crippen molar-refractivity contribution in [3.05, 3.63) is 71.8 Å². The van der Waals surface area contributed by atoms with Gasteiger partial charge in [0.05, 0.1) is 18.8 Å². The molecule has 0 fully saturated rings. The van der Waals surface area contributed by atoms with Crippen LogP contribution in [-0.2, 0) is 17.9 Å². The Morgan fingerprint density at radius 3 is 2.09 bits per heavy atom. The average molecular weight is 308 g/mol. The Balaban J connectivity index is 1.83. The quantitative estimate of drug-likeness (QED) is 0.804. The van der Waals surface area contributed by atoms with E-state index in [2.05, 4.69) is 30.4 Å². The van der Waals surface area contributed by atoms with Gasteiger partial charge in [-0.1, -0.05) is 67.6 Å². The Kier molecular flexibility index (Phi) is 6.80. The zero-order valence-corrected chi connectivity index (χ0v) is 13.8. The summed E-state index contributed by atoms with van der Waals surface area (Å²) in [6.07, 6.45) is 0.00290. The highest BCUT2D eigenvalue weighted by molar-refractivity contribution is 5.15. The minimum Gasteiger partial charge on any atom is -0.373 e. The summed E-state index contributed by atoms with van der Waals surface area (Å²) in [4.78, 5) is 0. The third kappa shape index (κ3) is 5.52. The summed E-state index contributed by atoms with van der Waals surface area (Å²) in [6, 6.07) is 22.4. The molecule has 2 aromatic rings. The van der Waals surface area contributed by atoms with Gasteiger partial charge in [-0.15, -0.1) is 0 Å². The molecule has 0 heterocycles. The molecule has 3 heteroatoms. The van der Waals surface area contributed by atoms with Crippen LogP contribution < -0.4 is 5.32 Å². The fraction of sp³-hybridized carbons (Fsp3) is 0.350. The molecule has 0 saturated heterocycles. The van der Waals surface area contributed by atoms with Gasteiger partial charge in [-0.3, -0.25) is 5.32 Å². The van der Waals surface area contributed by atoms with Crippen LogP contribution in [0.15, 0.2) is 60.7 Å². The predicted octanol–water partition coefficient (Wildman–Crippen LogP) is 3.91. The number of benzene rings is 2. The van der Waals surface area contributed by atoms with Crippen LogP contribution in [0.1, 0.15) is 25.0 Å². The maximum absolute atomic E-state index is 9.44. The summed E-state index contributed by atoms with van der Waals surface area (Å²) in [5.41, 5.74) is 2.33. The minimum atomic E-state index is -0.235. The molecular weight excluding hydrogens is 284 g/mol. The van der Waals surface area contributed by atoms with Crippen LogP contribution in [0.25, 0.3) is 0 Å². The topological polar surface area (TPSA) is 45.0 Å². The van der Waals surface area contributed by atoms with E-state index in [-0.39, 0.29) is 18.1 Å². The smallest absolute Gasteiger partial charge is 0.101 e. The number of rotatable bonds is 8. The zero-order valence-electron chi connectivity index (χ0n) is 13.8. The SMILES string of the molecule is C[C@@H]([C@H](C)OCc1ccccc1)[C@@H](C#N)NCc1ccccc1. The lowest BCUT2D eigenvalue weighted by Crippen LogP contribution is -2.39. The summed E-state index contributed by atoms with van der Waals surface area (Å²) in [7, 11) is 0. The third-order valence-electron chi connectivity index (χ3n) is 4.13. The molecule has 0 saturated carbocycles. The normalized spacial score (nSPS) is 14.7. The molecule has 0 aliphatic carbocycles. The largest absolute Gasteiger partial charge is 0.373 e. The van der Waals surface area contributed by atoms with E-state index >= 15 is 0 Å². The van der Waals surface area contributed by atoms with Gasteiger partial charge in [0.2, 0.25) is 0 Å². The van der Waals surface area contributed by atoms with Crippen molar-refractivity contribution < 1.29 is 4.74 Å². The van der Waals surface area contributed by atoms with Crippen molar-refractivity contribution in [2.75, 3.05) is 0 Å². The van der Waals surface area contributed by atoms with E-state index in [1.165, 1.54) is 5.56 Å².